The van der Waals surface area contributed by atoms with Gasteiger partial charge in [-0.05, 0) is 18.6 Å². The van der Waals surface area contributed by atoms with Gasteiger partial charge in [0.25, 0.3) is 0 Å². The molecule has 0 aliphatic heterocycles. The SMILES string of the molecule is Cc1cc(NC(=O)CC(F)(F)F)ncc1N. The molecule has 1 heterocycles. The highest BCUT2D eigenvalue weighted by atomic mass is 19.4. The van der Waals surface area contributed by atoms with Crippen molar-refractivity contribution >= 4 is 17.4 Å². The number of hydrogen-bond donors (Lipinski definition) is 2. The largest absolute Gasteiger partial charge is 0.397 e. The van der Waals surface area contributed by atoms with Crippen molar-refractivity contribution in [3.8, 4) is 0 Å². The monoisotopic (exact) mass is 233 g/mol. The van der Waals surface area contributed by atoms with Crippen LogP contribution in [0.5, 0.6) is 0 Å². The van der Waals surface area contributed by atoms with Crippen LogP contribution in [0, 0.1) is 6.92 Å². The van der Waals surface area contributed by atoms with Gasteiger partial charge in [-0.15, -0.1) is 0 Å². The number of nitrogens with one attached hydrogen (secondary N) is 1. The second-order valence-electron chi connectivity index (χ2n) is 3.27. The van der Waals surface area contributed by atoms with Crippen molar-refractivity contribution in [2.45, 2.75) is 19.5 Å². The molecule has 0 bridgehead atoms. The smallest absolute Gasteiger partial charge is 0.397 e. The average molecular weight is 233 g/mol. The van der Waals surface area contributed by atoms with Gasteiger partial charge < -0.3 is 11.1 Å². The molecule has 0 unspecified atom stereocenters. The molecule has 0 saturated carbocycles. The highest BCUT2D eigenvalue weighted by Crippen LogP contribution is 2.20. The Bertz CT molecular complexity index is 403. The van der Waals surface area contributed by atoms with E-state index in [2.05, 4.69) is 4.98 Å². The summed E-state index contributed by atoms with van der Waals surface area (Å²) in [6.45, 7) is 1.66. The van der Waals surface area contributed by atoms with E-state index in [9.17, 15) is 18.0 Å². The highest BCUT2D eigenvalue weighted by Gasteiger charge is 2.31. The average Bonchev–Trinajstić information content (AvgIpc) is 2.08. The van der Waals surface area contributed by atoms with Crippen molar-refractivity contribution in [2.24, 2.45) is 0 Å². The molecule has 0 saturated heterocycles. The van der Waals surface area contributed by atoms with Crippen LogP contribution in [0.2, 0.25) is 0 Å². The molecule has 4 nitrogen and oxygen atoms in total. The molecule has 7 heteroatoms. The molecule has 88 valence electrons. The first kappa shape index (κ1) is 12.3. The number of alkyl halides is 3. The second kappa shape index (κ2) is 4.38. The number of carbonyl (C=O) groups is 1. The lowest BCUT2D eigenvalue weighted by atomic mass is 10.2. The lowest BCUT2D eigenvalue weighted by Crippen LogP contribution is -2.21. The van der Waals surface area contributed by atoms with Crippen molar-refractivity contribution in [1.82, 2.24) is 4.98 Å². The zero-order chi connectivity index (χ0) is 12.3. The van der Waals surface area contributed by atoms with E-state index >= 15 is 0 Å². The van der Waals surface area contributed by atoms with Crippen LogP contribution in [0.25, 0.3) is 0 Å². The molecule has 1 aromatic rings. The summed E-state index contributed by atoms with van der Waals surface area (Å²) in [7, 11) is 0. The fourth-order valence-corrected chi connectivity index (χ4v) is 1.00. The Morgan fingerprint density at radius 2 is 2.19 bits per heavy atom. The van der Waals surface area contributed by atoms with E-state index < -0.39 is 18.5 Å². The summed E-state index contributed by atoms with van der Waals surface area (Å²) in [4.78, 5) is 14.6. The number of nitrogen functional groups attached to an aromatic ring is 1. The Morgan fingerprint density at radius 1 is 1.56 bits per heavy atom. The van der Waals surface area contributed by atoms with Crippen molar-refractivity contribution in [3.63, 3.8) is 0 Å². The van der Waals surface area contributed by atoms with Gasteiger partial charge in [-0.3, -0.25) is 4.79 Å². The highest BCUT2D eigenvalue weighted by molar-refractivity contribution is 5.90. The van der Waals surface area contributed by atoms with Crippen LogP contribution in [-0.2, 0) is 4.79 Å². The van der Waals surface area contributed by atoms with Gasteiger partial charge >= 0.3 is 6.18 Å². The minimum absolute atomic E-state index is 0.0564. The van der Waals surface area contributed by atoms with Gasteiger partial charge in [-0.25, -0.2) is 4.98 Å². The van der Waals surface area contributed by atoms with Crippen LogP contribution in [0.15, 0.2) is 12.3 Å². The quantitative estimate of drug-likeness (QED) is 0.819. The molecule has 0 radical (unpaired) electrons. The zero-order valence-corrected chi connectivity index (χ0v) is 8.43. The van der Waals surface area contributed by atoms with Gasteiger partial charge in [0.05, 0.1) is 11.9 Å². The van der Waals surface area contributed by atoms with Crippen LogP contribution in [0.3, 0.4) is 0 Å². The number of carbonyl (C=O) groups excluding carboxylic acids is 1. The Kier molecular flexibility index (Phi) is 3.36. The van der Waals surface area contributed by atoms with Crippen LogP contribution in [-0.4, -0.2) is 17.1 Å². The van der Waals surface area contributed by atoms with Gasteiger partial charge in [-0.1, -0.05) is 0 Å². The van der Waals surface area contributed by atoms with E-state index in [-0.39, 0.29) is 5.82 Å². The van der Waals surface area contributed by atoms with E-state index in [0.717, 1.165) is 0 Å². The lowest BCUT2D eigenvalue weighted by Gasteiger charge is -2.08. The molecule has 3 N–H and O–H groups in total. The van der Waals surface area contributed by atoms with Crippen LogP contribution in [0.4, 0.5) is 24.7 Å². The summed E-state index contributed by atoms with van der Waals surface area (Å²) in [5.41, 5.74) is 6.51. The predicted octanol–water partition coefficient (Wildman–Crippen LogP) is 1.86. The first-order valence-corrected chi connectivity index (χ1v) is 4.36. The second-order valence-corrected chi connectivity index (χ2v) is 3.27. The molecule has 0 aromatic carbocycles. The molecule has 1 rings (SSSR count). The number of anilines is 2. The Labute approximate surface area is 89.7 Å². The molecule has 1 aromatic heterocycles. The van der Waals surface area contributed by atoms with Gasteiger partial charge in [0, 0.05) is 0 Å². The predicted molar refractivity (Wildman–Crippen MR) is 52.7 cm³/mol. The Balaban J connectivity index is 2.67. The molecule has 0 aliphatic carbocycles. The number of halogens is 3. The summed E-state index contributed by atoms with van der Waals surface area (Å²) in [6.07, 6.45) is -4.77. The summed E-state index contributed by atoms with van der Waals surface area (Å²) in [6, 6.07) is 1.41. The minimum atomic E-state index is -4.52. The van der Waals surface area contributed by atoms with E-state index in [1.54, 1.807) is 6.92 Å². The molecular formula is C9H10F3N3O. The fraction of sp³-hybridized carbons (Fsp3) is 0.333. The topological polar surface area (TPSA) is 68.0 Å². The van der Waals surface area contributed by atoms with E-state index in [4.69, 9.17) is 5.73 Å². The molecular weight excluding hydrogens is 223 g/mol. The number of nitrogens with two attached hydrogens (primary N) is 1. The van der Waals surface area contributed by atoms with Crippen LogP contribution < -0.4 is 11.1 Å². The fourth-order valence-electron chi connectivity index (χ4n) is 1.00. The molecule has 1 amide bonds. The number of hydrogen-bond acceptors (Lipinski definition) is 3. The van der Waals surface area contributed by atoms with E-state index in [1.807, 2.05) is 5.32 Å². The minimum Gasteiger partial charge on any atom is -0.397 e. The maximum absolute atomic E-state index is 11.9. The first-order valence-electron chi connectivity index (χ1n) is 4.36. The van der Waals surface area contributed by atoms with Crippen molar-refractivity contribution < 1.29 is 18.0 Å². The van der Waals surface area contributed by atoms with Crippen molar-refractivity contribution in [3.05, 3.63) is 17.8 Å². The third kappa shape index (κ3) is 3.76. The number of aryl methyl sites for hydroxylation is 1. The third-order valence-corrected chi connectivity index (χ3v) is 1.78. The zero-order valence-electron chi connectivity index (χ0n) is 8.43. The molecule has 0 fully saturated rings. The number of aromatic nitrogens is 1. The molecule has 16 heavy (non-hydrogen) atoms. The Morgan fingerprint density at radius 3 is 2.69 bits per heavy atom. The van der Waals surface area contributed by atoms with Gasteiger partial charge in [0.1, 0.15) is 12.2 Å². The van der Waals surface area contributed by atoms with Gasteiger partial charge in [-0.2, -0.15) is 13.2 Å². The van der Waals surface area contributed by atoms with Gasteiger partial charge in [0.2, 0.25) is 5.91 Å². The Hall–Kier alpha value is -1.79. The lowest BCUT2D eigenvalue weighted by molar-refractivity contribution is -0.150. The maximum atomic E-state index is 11.9. The van der Waals surface area contributed by atoms with E-state index in [0.29, 0.717) is 11.3 Å². The summed E-state index contributed by atoms with van der Waals surface area (Å²) in [5.74, 6) is -1.09. The maximum Gasteiger partial charge on any atom is 0.397 e. The summed E-state index contributed by atoms with van der Waals surface area (Å²) in [5, 5.41) is 2.04. The normalized spacial score (nSPS) is 11.2. The van der Waals surface area contributed by atoms with Gasteiger partial charge in [0.15, 0.2) is 0 Å². The molecule has 0 aliphatic rings. The van der Waals surface area contributed by atoms with Crippen molar-refractivity contribution in [1.29, 1.82) is 0 Å². The van der Waals surface area contributed by atoms with Crippen LogP contribution in [0.1, 0.15) is 12.0 Å². The summed E-state index contributed by atoms with van der Waals surface area (Å²) >= 11 is 0. The number of rotatable bonds is 2. The number of nitrogens with zero attached hydrogens (tertiary/aromatic N) is 1. The molecule has 0 atom stereocenters. The van der Waals surface area contributed by atoms with Crippen LogP contribution >= 0.6 is 0 Å². The number of pyridine rings is 1. The summed E-state index contributed by atoms with van der Waals surface area (Å²) < 4.78 is 35.6. The van der Waals surface area contributed by atoms with Crippen molar-refractivity contribution in [2.75, 3.05) is 11.1 Å². The van der Waals surface area contributed by atoms with E-state index in [1.165, 1.54) is 12.3 Å². The third-order valence-electron chi connectivity index (χ3n) is 1.78. The standard InChI is InChI=1S/C9H10F3N3O/c1-5-2-7(14-4-6(5)13)15-8(16)3-9(10,11)12/h2,4H,3,13H2,1H3,(H,14,15,16). The molecule has 0 spiro atoms. The first-order chi connectivity index (χ1) is 7.28. The number of amides is 1.